The van der Waals surface area contributed by atoms with Crippen molar-refractivity contribution in [1.29, 1.82) is 0 Å². The minimum Gasteiger partial charge on any atom is -0.355 e. The van der Waals surface area contributed by atoms with Crippen molar-refractivity contribution in [2.75, 3.05) is 18.4 Å². The molecule has 0 atom stereocenters. The van der Waals surface area contributed by atoms with Crippen LogP contribution in [-0.4, -0.2) is 38.2 Å². The fourth-order valence-corrected chi connectivity index (χ4v) is 5.13. The number of amides is 1. The number of rotatable bonds is 2. The number of carbonyl (C=O) groups is 1. The summed E-state index contributed by atoms with van der Waals surface area (Å²) in [4.78, 5) is 15.0. The van der Waals surface area contributed by atoms with E-state index in [4.69, 9.17) is 0 Å². The van der Waals surface area contributed by atoms with Crippen LogP contribution in [0.25, 0.3) is 0 Å². The molecule has 0 aliphatic carbocycles. The number of carbonyl (C=O) groups excluding carboxylic acids is 1. The van der Waals surface area contributed by atoms with Crippen LogP contribution >= 0.6 is 0 Å². The number of hydrogen-bond acceptors (Lipinski definition) is 4. The van der Waals surface area contributed by atoms with Crippen LogP contribution in [-0.2, 0) is 14.8 Å². The van der Waals surface area contributed by atoms with Crippen LogP contribution in [0.2, 0.25) is 0 Å². The molecule has 7 heteroatoms. The summed E-state index contributed by atoms with van der Waals surface area (Å²) in [7, 11) is -3.62. The lowest BCUT2D eigenvalue weighted by Crippen LogP contribution is -2.41. The third-order valence-corrected chi connectivity index (χ3v) is 6.83. The van der Waals surface area contributed by atoms with Gasteiger partial charge in [-0.05, 0) is 49.9 Å². The molecule has 2 aromatic rings. The molecule has 1 saturated heterocycles. The maximum absolute atomic E-state index is 12.7. The highest BCUT2D eigenvalue weighted by molar-refractivity contribution is 7.90. The molecule has 2 aliphatic heterocycles. The summed E-state index contributed by atoms with van der Waals surface area (Å²) in [5.74, 6) is 0.437. The lowest BCUT2D eigenvalue weighted by Gasteiger charge is -2.32. The Hall–Kier alpha value is -2.67. The van der Waals surface area contributed by atoms with E-state index >= 15 is 0 Å². The van der Waals surface area contributed by atoms with E-state index in [1.54, 1.807) is 18.2 Å². The van der Waals surface area contributed by atoms with Crippen molar-refractivity contribution in [2.45, 2.75) is 31.6 Å². The predicted molar refractivity (Wildman–Crippen MR) is 109 cm³/mol. The standard InChI is InChI=1S/C21H23N3O3S/c1-14-6-5-7-15(2)19(14)22-21(25)16-10-12-24(13-11-16)20-17-8-3-4-9-18(17)28(26,27)23-20/h3-9,16H,10-13H2,1-2H3,(H,22,25). The average Bonchev–Trinajstić information content (AvgIpc) is 2.96. The molecule has 2 heterocycles. The number of hydrogen-bond donors (Lipinski definition) is 1. The van der Waals surface area contributed by atoms with Gasteiger partial charge in [-0.1, -0.05) is 30.3 Å². The van der Waals surface area contributed by atoms with Gasteiger partial charge in [-0.15, -0.1) is 4.40 Å². The molecule has 0 bridgehead atoms. The van der Waals surface area contributed by atoms with Gasteiger partial charge in [-0.25, -0.2) is 0 Å². The maximum atomic E-state index is 12.7. The van der Waals surface area contributed by atoms with E-state index in [2.05, 4.69) is 9.71 Å². The Morgan fingerprint density at radius 1 is 1.04 bits per heavy atom. The molecule has 1 amide bonds. The van der Waals surface area contributed by atoms with Crippen molar-refractivity contribution < 1.29 is 13.2 Å². The van der Waals surface area contributed by atoms with Crippen molar-refractivity contribution in [3.05, 3.63) is 59.2 Å². The quantitative estimate of drug-likeness (QED) is 0.845. The fraction of sp³-hybridized carbons (Fsp3) is 0.333. The molecular weight excluding hydrogens is 374 g/mol. The summed E-state index contributed by atoms with van der Waals surface area (Å²) < 4.78 is 28.5. The van der Waals surface area contributed by atoms with Crippen molar-refractivity contribution in [3.8, 4) is 0 Å². The van der Waals surface area contributed by atoms with Gasteiger partial charge < -0.3 is 10.2 Å². The number of sulfonamides is 1. The molecule has 0 unspecified atom stereocenters. The molecule has 28 heavy (non-hydrogen) atoms. The second-order valence-electron chi connectivity index (χ2n) is 7.40. The molecule has 2 aromatic carbocycles. The molecule has 1 N–H and O–H groups in total. The van der Waals surface area contributed by atoms with Gasteiger partial charge >= 0.3 is 0 Å². The topological polar surface area (TPSA) is 78.8 Å². The second kappa shape index (κ2) is 7.05. The van der Waals surface area contributed by atoms with E-state index in [1.807, 2.05) is 43.0 Å². The van der Waals surface area contributed by atoms with E-state index in [9.17, 15) is 13.2 Å². The molecular formula is C21H23N3O3S. The van der Waals surface area contributed by atoms with Crippen molar-refractivity contribution in [1.82, 2.24) is 4.90 Å². The smallest absolute Gasteiger partial charge is 0.285 e. The van der Waals surface area contributed by atoms with Gasteiger partial charge in [-0.3, -0.25) is 4.79 Å². The molecule has 0 saturated carbocycles. The zero-order valence-electron chi connectivity index (χ0n) is 16.0. The number of piperidine rings is 1. The number of fused-ring (bicyclic) bond motifs is 1. The predicted octanol–water partition coefficient (Wildman–Crippen LogP) is 3.10. The highest BCUT2D eigenvalue weighted by Crippen LogP contribution is 2.30. The van der Waals surface area contributed by atoms with Gasteiger partial charge in [0.1, 0.15) is 4.90 Å². The van der Waals surface area contributed by atoms with Gasteiger partial charge in [0, 0.05) is 30.3 Å². The Morgan fingerprint density at radius 3 is 2.36 bits per heavy atom. The van der Waals surface area contributed by atoms with E-state index in [1.165, 1.54) is 0 Å². The van der Waals surface area contributed by atoms with Crippen LogP contribution in [0.1, 0.15) is 29.5 Å². The van der Waals surface area contributed by atoms with E-state index in [0.29, 0.717) is 37.3 Å². The molecule has 0 spiro atoms. The summed E-state index contributed by atoms with van der Waals surface area (Å²) in [6.07, 6.45) is 1.33. The summed E-state index contributed by atoms with van der Waals surface area (Å²) >= 11 is 0. The summed E-state index contributed by atoms with van der Waals surface area (Å²) in [6, 6.07) is 12.9. The number of para-hydroxylation sites is 1. The highest BCUT2D eigenvalue weighted by atomic mass is 32.2. The number of anilines is 1. The summed E-state index contributed by atoms with van der Waals surface area (Å²) in [6.45, 7) is 5.18. The molecule has 146 valence electrons. The van der Waals surface area contributed by atoms with Gasteiger partial charge in [0.05, 0.1) is 0 Å². The minimum atomic E-state index is -3.62. The van der Waals surface area contributed by atoms with Gasteiger partial charge in [0.15, 0.2) is 5.84 Å². The van der Waals surface area contributed by atoms with Gasteiger partial charge in [0.25, 0.3) is 10.0 Å². The Balaban J connectivity index is 1.45. The maximum Gasteiger partial charge on any atom is 0.285 e. The average molecular weight is 398 g/mol. The highest BCUT2D eigenvalue weighted by Gasteiger charge is 2.34. The van der Waals surface area contributed by atoms with Crippen molar-refractivity contribution >= 4 is 27.5 Å². The van der Waals surface area contributed by atoms with Crippen LogP contribution in [0.15, 0.2) is 51.8 Å². The number of nitrogens with zero attached hydrogens (tertiary/aromatic N) is 2. The SMILES string of the molecule is Cc1cccc(C)c1NC(=O)C1CCN(C2=NS(=O)(=O)c3ccccc32)CC1. The third kappa shape index (κ3) is 3.30. The lowest BCUT2D eigenvalue weighted by atomic mass is 9.95. The lowest BCUT2D eigenvalue weighted by molar-refractivity contribution is -0.121. The molecule has 1 fully saturated rings. The van der Waals surface area contributed by atoms with Crippen LogP contribution in [0.3, 0.4) is 0 Å². The Kier molecular flexibility index (Phi) is 4.71. The van der Waals surface area contributed by atoms with Gasteiger partial charge in [-0.2, -0.15) is 8.42 Å². The normalized spacial score (nSPS) is 18.5. The van der Waals surface area contributed by atoms with E-state index in [0.717, 1.165) is 16.8 Å². The van der Waals surface area contributed by atoms with E-state index in [-0.39, 0.29) is 16.7 Å². The number of aryl methyl sites for hydroxylation is 2. The molecule has 0 radical (unpaired) electrons. The molecule has 0 aromatic heterocycles. The minimum absolute atomic E-state index is 0.0263. The molecule has 4 rings (SSSR count). The fourth-order valence-electron chi connectivity index (χ4n) is 3.91. The van der Waals surface area contributed by atoms with Gasteiger partial charge in [0.2, 0.25) is 5.91 Å². The van der Waals surface area contributed by atoms with Crippen LogP contribution < -0.4 is 5.32 Å². The van der Waals surface area contributed by atoms with Crippen molar-refractivity contribution in [3.63, 3.8) is 0 Å². The summed E-state index contributed by atoms with van der Waals surface area (Å²) in [5, 5.41) is 3.08. The first-order valence-corrected chi connectivity index (χ1v) is 10.9. The first-order valence-electron chi connectivity index (χ1n) is 9.43. The Labute approximate surface area is 165 Å². The number of benzene rings is 2. The Bertz CT molecular complexity index is 1050. The molecule has 6 nitrogen and oxygen atoms in total. The van der Waals surface area contributed by atoms with Crippen LogP contribution in [0, 0.1) is 19.8 Å². The molecule has 2 aliphatic rings. The number of nitrogens with one attached hydrogen (secondary N) is 1. The first-order chi connectivity index (χ1) is 13.4. The largest absolute Gasteiger partial charge is 0.355 e. The first kappa shape index (κ1) is 18.7. The second-order valence-corrected chi connectivity index (χ2v) is 8.98. The van der Waals surface area contributed by atoms with Crippen LogP contribution in [0.4, 0.5) is 5.69 Å². The van der Waals surface area contributed by atoms with Crippen LogP contribution in [0.5, 0.6) is 0 Å². The number of amidine groups is 1. The zero-order valence-corrected chi connectivity index (χ0v) is 16.8. The van der Waals surface area contributed by atoms with E-state index < -0.39 is 10.0 Å². The third-order valence-electron chi connectivity index (χ3n) is 5.51. The monoisotopic (exact) mass is 397 g/mol. The number of likely N-dealkylation sites (tertiary alicyclic amines) is 1. The summed E-state index contributed by atoms with van der Waals surface area (Å²) in [5.41, 5.74) is 3.64. The Morgan fingerprint density at radius 2 is 1.68 bits per heavy atom. The van der Waals surface area contributed by atoms with Crippen molar-refractivity contribution in [2.24, 2.45) is 10.3 Å². The zero-order chi connectivity index (χ0) is 19.9.